The van der Waals surface area contributed by atoms with Crippen molar-refractivity contribution in [3.05, 3.63) is 12.2 Å². The van der Waals surface area contributed by atoms with Crippen LogP contribution in [0.15, 0.2) is 12.2 Å². The highest BCUT2D eigenvalue weighted by atomic mass is 16.7. The summed E-state index contributed by atoms with van der Waals surface area (Å²) in [5.74, 6) is 1.31. The van der Waals surface area contributed by atoms with Crippen LogP contribution in [-0.4, -0.2) is 33.2 Å². The second-order valence-electron chi connectivity index (χ2n) is 7.30. The SMILES string of the molecule is CC=CC(CCCCCCC)CC(CCCOC)CC(OCC)OCC. The minimum atomic E-state index is -0.0617. The lowest BCUT2D eigenvalue weighted by molar-refractivity contribution is -0.147. The molecule has 0 aliphatic rings. The molecule has 0 saturated heterocycles. The third-order valence-electron chi connectivity index (χ3n) is 4.97. The van der Waals surface area contributed by atoms with Gasteiger partial charge in [0.1, 0.15) is 0 Å². The summed E-state index contributed by atoms with van der Waals surface area (Å²) >= 11 is 0. The number of hydrogen-bond donors (Lipinski definition) is 0. The molecule has 0 aromatic heterocycles. The summed E-state index contributed by atoms with van der Waals surface area (Å²) in [7, 11) is 1.79. The lowest BCUT2D eigenvalue weighted by Gasteiger charge is -2.26. The van der Waals surface area contributed by atoms with Crippen molar-refractivity contribution in [1.29, 1.82) is 0 Å². The molecular weight excluding hydrogens is 324 g/mol. The Kier molecular flexibility index (Phi) is 19.1. The van der Waals surface area contributed by atoms with E-state index in [0.29, 0.717) is 25.0 Å². The molecular formula is C23H46O3. The van der Waals surface area contributed by atoms with Gasteiger partial charge < -0.3 is 14.2 Å². The van der Waals surface area contributed by atoms with E-state index >= 15 is 0 Å². The molecule has 0 spiro atoms. The fourth-order valence-corrected chi connectivity index (χ4v) is 3.68. The average Bonchev–Trinajstić information content (AvgIpc) is 2.62. The Bertz CT molecular complexity index is 298. The molecule has 0 fully saturated rings. The topological polar surface area (TPSA) is 27.7 Å². The summed E-state index contributed by atoms with van der Waals surface area (Å²) in [5.41, 5.74) is 0. The quantitative estimate of drug-likeness (QED) is 0.143. The zero-order valence-electron chi connectivity index (χ0n) is 18.3. The number of methoxy groups -OCH3 is 1. The fraction of sp³-hybridized carbons (Fsp3) is 0.913. The molecule has 0 bridgehead atoms. The molecule has 0 N–H and O–H groups in total. The molecule has 2 unspecified atom stereocenters. The summed E-state index contributed by atoms with van der Waals surface area (Å²) < 4.78 is 16.9. The maximum Gasteiger partial charge on any atom is 0.157 e. The first kappa shape index (κ1) is 25.6. The molecule has 0 aliphatic carbocycles. The van der Waals surface area contributed by atoms with Gasteiger partial charge in [0.05, 0.1) is 0 Å². The fourth-order valence-electron chi connectivity index (χ4n) is 3.68. The molecule has 0 rings (SSSR count). The molecule has 0 aromatic carbocycles. The summed E-state index contributed by atoms with van der Waals surface area (Å²) in [6.07, 6.45) is 17.2. The second kappa shape index (κ2) is 19.4. The lowest BCUT2D eigenvalue weighted by Crippen LogP contribution is -2.23. The first-order chi connectivity index (χ1) is 12.7. The van der Waals surface area contributed by atoms with Crippen molar-refractivity contribution >= 4 is 0 Å². The van der Waals surface area contributed by atoms with E-state index in [4.69, 9.17) is 14.2 Å². The van der Waals surface area contributed by atoms with Crippen molar-refractivity contribution in [3.63, 3.8) is 0 Å². The van der Waals surface area contributed by atoms with Crippen molar-refractivity contribution in [1.82, 2.24) is 0 Å². The van der Waals surface area contributed by atoms with Crippen molar-refractivity contribution in [2.24, 2.45) is 11.8 Å². The van der Waals surface area contributed by atoms with E-state index < -0.39 is 0 Å². The monoisotopic (exact) mass is 370 g/mol. The minimum absolute atomic E-state index is 0.0617. The van der Waals surface area contributed by atoms with Crippen molar-refractivity contribution in [2.75, 3.05) is 26.9 Å². The summed E-state index contributed by atoms with van der Waals surface area (Å²) in [4.78, 5) is 0. The van der Waals surface area contributed by atoms with Gasteiger partial charge in [0.15, 0.2) is 6.29 Å². The molecule has 0 saturated carbocycles. The van der Waals surface area contributed by atoms with E-state index in [2.05, 4.69) is 26.0 Å². The standard InChI is InChI=1S/C23H46O3/c1-6-10-11-12-13-16-21(15-7-2)19-22(17-14-18-24-5)20-23(25-8-3)26-9-4/h7,15,21-23H,6,8-14,16-20H2,1-5H3. The molecule has 0 heterocycles. The Balaban J connectivity index is 4.62. The molecule has 0 aliphatic heterocycles. The van der Waals surface area contributed by atoms with E-state index in [0.717, 1.165) is 19.4 Å². The van der Waals surface area contributed by atoms with E-state index in [1.165, 1.54) is 51.4 Å². The second-order valence-corrected chi connectivity index (χ2v) is 7.30. The Morgan fingerprint density at radius 2 is 1.50 bits per heavy atom. The molecule has 0 aromatic rings. The molecule has 3 nitrogen and oxygen atoms in total. The van der Waals surface area contributed by atoms with Crippen molar-refractivity contribution < 1.29 is 14.2 Å². The highest BCUT2D eigenvalue weighted by Crippen LogP contribution is 2.28. The highest BCUT2D eigenvalue weighted by Gasteiger charge is 2.20. The van der Waals surface area contributed by atoms with Crippen LogP contribution >= 0.6 is 0 Å². The summed E-state index contributed by atoms with van der Waals surface area (Å²) in [5, 5.41) is 0. The maximum atomic E-state index is 5.81. The van der Waals surface area contributed by atoms with Crippen LogP contribution in [0.5, 0.6) is 0 Å². The van der Waals surface area contributed by atoms with E-state index in [1.807, 2.05) is 13.8 Å². The lowest BCUT2D eigenvalue weighted by atomic mass is 9.85. The third-order valence-corrected chi connectivity index (χ3v) is 4.97. The van der Waals surface area contributed by atoms with Gasteiger partial charge in [0.25, 0.3) is 0 Å². The van der Waals surface area contributed by atoms with Crippen molar-refractivity contribution in [2.45, 2.75) is 98.2 Å². The van der Waals surface area contributed by atoms with Gasteiger partial charge in [-0.25, -0.2) is 0 Å². The molecule has 0 amide bonds. The number of rotatable bonds is 19. The van der Waals surface area contributed by atoms with Gasteiger partial charge >= 0.3 is 0 Å². The zero-order valence-corrected chi connectivity index (χ0v) is 18.3. The predicted octanol–water partition coefficient (Wildman–Crippen LogP) is 6.76. The average molecular weight is 371 g/mol. The van der Waals surface area contributed by atoms with Crippen LogP contribution in [0.4, 0.5) is 0 Å². The van der Waals surface area contributed by atoms with Gasteiger partial charge in [-0.2, -0.15) is 0 Å². The van der Waals surface area contributed by atoms with Crippen LogP contribution < -0.4 is 0 Å². The Morgan fingerprint density at radius 3 is 2.08 bits per heavy atom. The predicted molar refractivity (Wildman–Crippen MR) is 113 cm³/mol. The molecule has 0 radical (unpaired) electrons. The zero-order chi connectivity index (χ0) is 19.5. The third kappa shape index (κ3) is 14.8. The van der Waals surface area contributed by atoms with Gasteiger partial charge in [-0.3, -0.25) is 0 Å². The van der Waals surface area contributed by atoms with Crippen LogP contribution in [0, 0.1) is 11.8 Å². The maximum absolute atomic E-state index is 5.81. The van der Waals surface area contributed by atoms with Crippen LogP contribution in [0.2, 0.25) is 0 Å². The smallest absolute Gasteiger partial charge is 0.157 e. The molecule has 3 heteroatoms. The minimum Gasteiger partial charge on any atom is -0.385 e. The first-order valence-corrected chi connectivity index (χ1v) is 11.1. The van der Waals surface area contributed by atoms with Crippen LogP contribution in [0.3, 0.4) is 0 Å². The van der Waals surface area contributed by atoms with Crippen LogP contribution in [-0.2, 0) is 14.2 Å². The number of allylic oxidation sites excluding steroid dienone is 2. The highest BCUT2D eigenvalue weighted by molar-refractivity contribution is 4.87. The van der Waals surface area contributed by atoms with Crippen LogP contribution in [0.1, 0.15) is 91.9 Å². The van der Waals surface area contributed by atoms with E-state index in [9.17, 15) is 0 Å². The molecule has 2 atom stereocenters. The Labute approximate surface area is 163 Å². The van der Waals surface area contributed by atoms with Gasteiger partial charge in [-0.05, 0) is 58.3 Å². The van der Waals surface area contributed by atoms with Gasteiger partial charge in [0, 0.05) is 33.4 Å². The molecule has 156 valence electrons. The van der Waals surface area contributed by atoms with Crippen LogP contribution in [0.25, 0.3) is 0 Å². The Hall–Kier alpha value is -0.380. The van der Waals surface area contributed by atoms with E-state index in [1.54, 1.807) is 7.11 Å². The summed E-state index contributed by atoms with van der Waals surface area (Å²) in [6, 6.07) is 0. The molecule has 26 heavy (non-hydrogen) atoms. The van der Waals surface area contributed by atoms with Gasteiger partial charge in [-0.15, -0.1) is 0 Å². The first-order valence-electron chi connectivity index (χ1n) is 11.1. The number of unbranched alkanes of at least 4 members (excludes halogenated alkanes) is 4. The summed E-state index contributed by atoms with van der Waals surface area (Å²) in [6.45, 7) is 10.8. The normalized spacial score (nSPS) is 14.4. The van der Waals surface area contributed by atoms with Crippen molar-refractivity contribution in [3.8, 4) is 0 Å². The Morgan fingerprint density at radius 1 is 0.808 bits per heavy atom. The van der Waals surface area contributed by atoms with Gasteiger partial charge in [-0.1, -0.05) is 51.2 Å². The largest absolute Gasteiger partial charge is 0.385 e. The van der Waals surface area contributed by atoms with E-state index in [-0.39, 0.29) is 6.29 Å². The van der Waals surface area contributed by atoms with Gasteiger partial charge in [0.2, 0.25) is 0 Å². The number of hydrogen-bond acceptors (Lipinski definition) is 3. The number of ether oxygens (including phenoxy) is 3.